The third-order valence-corrected chi connectivity index (χ3v) is 4.27. The summed E-state index contributed by atoms with van der Waals surface area (Å²) in [5.41, 5.74) is 0.716. The van der Waals surface area contributed by atoms with Crippen molar-refractivity contribution < 1.29 is 18.8 Å². The number of hydrogen-bond acceptors (Lipinski definition) is 3. The van der Waals surface area contributed by atoms with Gasteiger partial charge < -0.3 is 14.0 Å². The largest absolute Gasteiger partial charge is 0.486 e. The van der Waals surface area contributed by atoms with Crippen molar-refractivity contribution in [3.8, 4) is 11.5 Å². The number of quaternary nitrogens is 1. The maximum Gasteiger partial charge on any atom is 0.168 e. The molecule has 0 amide bonds. The molecule has 20 heavy (non-hydrogen) atoms. The van der Waals surface area contributed by atoms with Gasteiger partial charge in [0.25, 0.3) is 0 Å². The number of carbonyl (C=O) groups is 1. The molecule has 0 atom stereocenters. The average molecular weight is 278 g/mol. The highest BCUT2D eigenvalue weighted by Gasteiger charge is 2.20. The summed E-state index contributed by atoms with van der Waals surface area (Å²) in [6.07, 6.45) is 0.567. The first-order valence-electron chi connectivity index (χ1n) is 7.34. The van der Waals surface area contributed by atoms with Gasteiger partial charge >= 0.3 is 0 Å². The first-order valence-corrected chi connectivity index (χ1v) is 7.34. The molecule has 1 aliphatic rings. The van der Waals surface area contributed by atoms with E-state index in [4.69, 9.17) is 9.47 Å². The molecule has 0 bridgehead atoms. The van der Waals surface area contributed by atoms with Gasteiger partial charge in [0.2, 0.25) is 0 Å². The predicted octanol–water partition coefficient (Wildman–Crippen LogP) is 2.52. The van der Waals surface area contributed by atoms with E-state index in [1.807, 2.05) is 12.1 Å². The lowest BCUT2D eigenvalue weighted by Crippen LogP contribution is -2.44. The minimum absolute atomic E-state index is 0.174. The average Bonchev–Trinajstić information content (AvgIpc) is 2.51. The van der Waals surface area contributed by atoms with Crippen molar-refractivity contribution in [3.05, 3.63) is 23.8 Å². The van der Waals surface area contributed by atoms with Crippen LogP contribution in [0.5, 0.6) is 11.5 Å². The van der Waals surface area contributed by atoms with E-state index in [1.54, 1.807) is 6.07 Å². The topological polar surface area (TPSA) is 35.5 Å². The summed E-state index contributed by atoms with van der Waals surface area (Å²) in [5.74, 6) is 1.59. The van der Waals surface area contributed by atoms with E-state index in [1.165, 1.54) is 0 Å². The van der Waals surface area contributed by atoms with E-state index in [0.717, 1.165) is 29.9 Å². The number of fused-ring (bicyclic) bond motifs is 1. The third-order valence-electron chi connectivity index (χ3n) is 4.27. The summed E-state index contributed by atoms with van der Waals surface area (Å²) < 4.78 is 11.9. The molecule has 1 aromatic carbocycles. The number of ether oxygens (including phenoxy) is 2. The van der Waals surface area contributed by atoms with Gasteiger partial charge in [-0.25, -0.2) is 0 Å². The third kappa shape index (κ3) is 3.31. The lowest BCUT2D eigenvalue weighted by molar-refractivity contribution is -0.905. The van der Waals surface area contributed by atoms with Gasteiger partial charge in [-0.1, -0.05) is 0 Å². The van der Waals surface area contributed by atoms with Gasteiger partial charge in [0.05, 0.1) is 33.1 Å². The molecule has 1 heterocycles. The van der Waals surface area contributed by atoms with Gasteiger partial charge in [-0.05, 0) is 32.0 Å². The first-order chi connectivity index (χ1) is 9.58. The smallest absolute Gasteiger partial charge is 0.168 e. The number of rotatable bonds is 6. The second kappa shape index (κ2) is 6.27. The van der Waals surface area contributed by atoms with Crippen LogP contribution in [0.2, 0.25) is 0 Å². The van der Waals surface area contributed by atoms with E-state index in [2.05, 4.69) is 20.9 Å². The van der Waals surface area contributed by atoms with E-state index in [0.29, 0.717) is 30.9 Å². The fraction of sp³-hybridized carbons (Fsp3) is 0.562. The Morgan fingerprint density at radius 3 is 2.45 bits per heavy atom. The van der Waals surface area contributed by atoms with Crippen LogP contribution in [-0.4, -0.2) is 50.2 Å². The van der Waals surface area contributed by atoms with Crippen molar-refractivity contribution >= 4 is 5.78 Å². The van der Waals surface area contributed by atoms with Gasteiger partial charge in [0.15, 0.2) is 17.3 Å². The Kier molecular flexibility index (Phi) is 4.65. The normalized spacial score (nSPS) is 14.2. The molecule has 0 fully saturated rings. The van der Waals surface area contributed by atoms with E-state index in [9.17, 15) is 4.79 Å². The van der Waals surface area contributed by atoms with Crippen molar-refractivity contribution in [3.63, 3.8) is 0 Å². The highest BCUT2D eigenvalue weighted by Crippen LogP contribution is 2.31. The molecule has 4 nitrogen and oxygen atoms in total. The first kappa shape index (κ1) is 14.9. The quantitative estimate of drug-likeness (QED) is 0.592. The Balaban J connectivity index is 2.02. The zero-order chi connectivity index (χ0) is 14.6. The fourth-order valence-electron chi connectivity index (χ4n) is 2.27. The van der Waals surface area contributed by atoms with Gasteiger partial charge in [0, 0.05) is 5.56 Å². The molecular formula is C16H24NO3+. The monoisotopic (exact) mass is 278 g/mol. The van der Waals surface area contributed by atoms with Gasteiger partial charge in [-0.15, -0.1) is 0 Å². The Morgan fingerprint density at radius 2 is 1.80 bits per heavy atom. The van der Waals surface area contributed by atoms with Crippen LogP contribution in [0.1, 0.15) is 30.6 Å². The van der Waals surface area contributed by atoms with Crippen LogP contribution < -0.4 is 9.47 Å². The lowest BCUT2D eigenvalue weighted by Gasteiger charge is -2.31. The zero-order valence-corrected chi connectivity index (χ0v) is 12.6. The minimum Gasteiger partial charge on any atom is -0.486 e. The van der Waals surface area contributed by atoms with Crippen LogP contribution in [0.4, 0.5) is 0 Å². The Labute approximate surface area is 120 Å². The van der Waals surface area contributed by atoms with Crippen molar-refractivity contribution in [2.45, 2.75) is 20.3 Å². The number of nitrogens with zero attached hydrogens (tertiary/aromatic N) is 1. The minimum atomic E-state index is 0.174. The van der Waals surface area contributed by atoms with Crippen molar-refractivity contribution in [2.24, 2.45) is 0 Å². The highest BCUT2D eigenvalue weighted by atomic mass is 16.6. The Bertz CT molecular complexity index is 481. The van der Waals surface area contributed by atoms with E-state index < -0.39 is 0 Å². The van der Waals surface area contributed by atoms with E-state index >= 15 is 0 Å². The van der Waals surface area contributed by atoms with Crippen LogP contribution in [0.15, 0.2) is 18.2 Å². The molecular weight excluding hydrogens is 254 g/mol. The Hall–Kier alpha value is -1.55. The maximum atomic E-state index is 12.3. The molecule has 0 aliphatic carbocycles. The van der Waals surface area contributed by atoms with Crippen LogP contribution in [0.25, 0.3) is 0 Å². The second-order valence-electron chi connectivity index (χ2n) is 5.51. The molecule has 0 saturated heterocycles. The van der Waals surface area contributed by atoms with Gasteiger partial charge in [-0.3, -0.25) is 4.79 Å². The SMILES string of the molecule is CC[N+](C)(CC)CCC(=O)c1ccc2c(c1)OCCO2. The zero-order valence-electron chi connectivity index (χ0n) is 12.6. The summed E-state index contributed by atoms with van der Waals surface area (Å²) in [6, 6.07) is 5.46. The van der Waals surface area contributed by atoms with Crippen molar-refractivity contribution in [1.29, 1.82) is 0 Å². The number of Topliss-reactive ketones (excluding diaryl/α,β-unsaturated/α-hetero) is 1. The number of benzene rings is 1. The van der Waals surface area contributed by atoms with E-state index in [-0.39, 0.29) is 5.78 Å². The van der Waals surface area contributed by atoms with Crippen LogP contribution in [0.3, 0.4) is 0 Å². The molecule has 4 heteroatoms. The van der Waals surface area contributed by atoms with Gasteiger partial charge in [0.1, 0.15) is 13.2 Å². The van der Waals surface area contributed by atoms with Crippen LogP contribution >= 0.6 is 0 Å². The molecule has 0 aromatic heterocycles. The molecule has 1 aromatic rings. The maximum absolute atomic E-state index is 12.3. The number of ketones is 1. The summed E-state index contributed by atoms with van der Waals surface area (Å²) in [6.45, 7) is 8.42. The van der Waals surface area contributed by atoms with Crippen molar-refractivity contribution in [2.75, 3.05) is 39.9 Å². The number of hydrogen-bond donors (Lipinski definition) is 0. The molecule has 0 radical (unpaired) electrons. The number of carbonyl (C=O) groups excluding carboxylic acids is 1. The van der Waals surface area contributed by atoms with Crippen molar-refractivity contribution in [1.82, 2.24) is 0 Å². The van der Waals surface area contributed by atoms with Crippen LogP contribution in [0, 0.1) is 0 Å². The summed E-state index contributed by atoms with van der Waals surface area (Å²) in [4.78, 5) is 12.3. The molecule has 1 aliphatic heterocycles. The summed E-state index contributed by atoms with van der Waals surface area (Å²) in [5, 5.41) is 0. The Morgan fingerprint density at radius 1 is 1.15 bits per heavy atom. The molecule has 110 valence electrons. The van der Waals surface area contributed by atoms with Crippen LogP contribution in [-0.2, 0) is 0 Å². The standard InChI is InChI=1S/C16H24NO3/c1-4-17(3,5-2)9-8-14(18)13-6-7-15-16(12-13)20-11-10-19-15/h6-7,12H,4-5,8-11H2,1-3H3/q+1. The summed E-state index contributed by atoms with van der Waals surface area (Å²) in [7, 11) is 2.19. The predicted molar refractivity (Wildman–Crippen MR) is 78.5 cm³/mol. The molecule has 0 unspecified atom stereocenters. The fourth-order valence-corrected chi connectivity index (χ4v) is 2.27. The molecule has 0 saturated carbocycles. The van der Waals surface area contributed by atoms with Gasteiger partial charge in [-0.2, -0.15) is 0 Å². The molecule has 0 N–H and O–H groups in total. The highest BCUT2D eigenvalue weighted by molar-refractivity contribution is 5.96. The molecule has 2 rings (SSSR count). The summed E-state index contributed by atoms with van der Waals surface area (Å²) >= 11 is 0. The second-order valence-corrected chi connectivity index (χ2v) is 5.51. The lowest BCUT2D eigenvalue weighted by atomic mass is 10.1. The molecule has 0 spiro atoms.